The number of ether oxygens (including phenoxy) is 1. The quantitative estimate of drug-likeness (QED) is 0.358. The Morgan fingerprint density at radius 2 is 1.91 bits per heavy atom. The molecule has 0 radical (unpaired) electrons. The van der Waals surface area contributed by atoms with Gasteiger partial charge in [0.1, 0.15) is 10.0 Å². The van der Waals surface area contributed by atoms with E-state index >= 15 is 0 Å². The van der Waals surface area contributed by atoms with Crippen LogP contribution in [0.4, 0.5) is 10.1 Å². The van der Waals surface area contributed by atoms with Crippen LogP contribution >= 0.6 is 11.3 Å². The molecule has 4 aromatic rings. The van der Waals surface area contributed by atoms with Gasteiger partial charge in [-0.3, -0.25) is 9.52 Å². The molecule has 2 atom stereocenters. The van der Waals surface area contributed by atoms with Crippen LogP contribution in [-0.4, -0.2) is 19.5 Å². The Kier molecular flexibility index (Phi) is 6.24. The lowest BCUT2D eigenvalue weighted by Gasteiger charge is -2.12. The zero-order valence-electron chi connectivity index (χ0n) is 18.2. The molecule has 1 aliphatic carbocycles. The number of nitrogens with one attached hydrogen (secondary N) is 2. The van der Waals surface area contributed by atoms with Crippen molar-refractivity contribution in [3.05, 3.63) is 93.5 Å². The normalized spacial score (nSPS) is 18.4. The second kappa shape index (κ2) is 9.32. The molecule has 0 bridgehead atoms. The van der Waals surface area contributed by atoms with E-state index in [-0.39, 0.29) is 27.3 Å². The highest BCUT2D eigenvalue weighted by molar-refractivity contribution is 7.94. The summed E-state index contributed by atoms with van der Waals surface area (Å²) in [5, 5.41) is 0.605. The summed E-state index contributed by atoms with van der Waals surface area (Å²) in [6.07, 6.45) is 4.24. The second-order valence-electron chi connectivity index (χ2n) is 8.42. The molecule has 6 nitrogen and oxygen atoms in total. The first-order valence-electron chi connectivity index (χ1n) is 11.0. The van der Waals surface area contributed by atoms with Gasteiger partial charge < -0.3 is 9.72 Å². The molecule has 0 saturated heterocycles. The van der Waals surface area contributed by atoms with Crippen LogP contribution < -0.4 is 10.3 Å². The van der Waals surface area contributed by atoms with Gasteiger partial charge in [-0.25, -0.2) is 12.8 Å². The number of hydrogen-bond donors (Lipinski definition) is 2. The Morgan fingerprint density at radius 3 is 2.74 bits per heavy atom. The number of aromatic amines is 1. The Bertz CT molecular complexity index is 1480. The number of aromatic nitrogens is 1. The standard InChI is InChI=1S/C25H23FN2O4S2/c26-21-13-17-10-11-27-25(29)20(17)14-22(21)28-34(30,31)24-9-8-23(33-24)18-6-7-19(12-18)32-15-16-4-2-1-3-5-16/h1-5,8-11,13-14,18-19,28H,6-7,12,15H2,(H,27,29). The first-order chi connectivity index (χ1) is 16.4. The number of anilines is 1. The van der Waals surface area contributed by atoms with Gasteiger partial charge in [0, 0.05) is 16.5 Å². The highest BCUT2D eigenvalue weighted by Crippen LogP contribution is 2.40. The van der Waals surface area contributed by atoms with Crippen LogP contribution in [0.25, 0.3) is 10.8 Å². The first-order valence-corrected chi connectivity index (χ1v) is 13.3. The third-order valence-corrected chi connectivity index (χ3v) is 9.19. The predicted molar refractivity (Wildman–Crippen MR) is 131 cm³/mol. The molecule has 2 heterocycles. The minimum absolute atomic E-state index is 0.109. The van der Waals surface area contributed by atoms with Crippen molar-refractivity contribution >= 4 is 37.8 Å². The molecule has 2 aromatic heterocycles. The summed E-state index contributed by atoms with van der Waals surface area (Å²) in [6.45, 7) is 0.562. The topological polar surface area (TPSA) is 88.3 Å². The maximum Gasteiger partial charge on any atom is 0.271 e. The molecule has 176 valence electrons. The van der Waals surface area contributed by atoms with E-state index in [1.54, 1.807) is 12.1 Å². The molecule has 5 rings (SSSR count). The van der Waals surface area contributed by atoms with Crippen molar-refractivity contribution < 1.29 is 17.5 Å². The van der Waals surface area contributed by atoms with Crippen molar-refractivity contribution in [1.82, 2.24) is 4.98 Å². The number of halogens is 1. The summed E-state index contributed by atoms with van der Waals surface area (Å²) >= 11 is 1.19. The SMILES string of the molecule is O=c1[nH]ccc2cc(F)c(NS(=O)(=O)c3ccc(C4CCC(OCc5ccccc5)C4)s3)cc12. The number of pyridine rings is 1. The molecule has 0 amide bonds. The Hall–Kier alpha value is -3.01. The zero-order valence-corrected chi connectivity index (χ0v) is 19.8. The number of fused-ring (bicyclic) bond motifs is 1. The molecule has 1 aliphatic rings. The lowest BCUT2D eigenvalue weighted by atomic mass is 10.1. The van der Waals surface area contributed by atoms with E-state index in [1.165, 1.54) is 23.6 Å². The predicted octanol–water partition coefficient (Wildman–Crippen LogP) is 5.38. The molecule has 1 saturated carbocycles. The molecule has 34 heavy (non-hydrogen) atoms. The summed E-state index contributed by atoms with van der Waals surface area (Å²) in [5.74, 6) is -0.515. The molecule has 2 unspecified atom stereocenters. The van der Waals surface area contributed by atoms with E-state index in [0.717, 1.165) is 35.8 Å². The molecular formula is C25H23FN2O4S2. The molecule has 2 N–H and O–H groups in total. The Morgan fingerprint density at radius 1 is 1.09 bits per heavy atom. The summed E-state index contributed by atoms with van der Waals surface area (Å²) in [6, 6.07) is 17.3. The third-order valence-electron chi connectivity index (χ3n) is 6.09. The van der Waals surface area contributed by atoms with Crippen LogP contribution in [0, 0.1) is 5.82 Å². The highest BCUT2D eigenvalue weighted by Gasteiger charge is 2.29. The van der Waals surface area contributed by atoms with Gasteiger partial charge in [-0.15, -0.1) is 11.3 Å². The van der Waals surface area contributed by atoms with Crippen molar-refractivity contribution in [2.45, 2.75) is 42.1 Å². The average Bonchev–Trinajstić information content (AvgIpc) is 3.50. The maximum atomic E-state index is 14.5. The van der Waals surface area contributed by atoms with Gasteiger partial charge in [0.25, 0.3) is 15.6 Å². The van der Waals surface area contributed by atoms with Crippen LogP contribution in [0.15, 0.2) is 75.9 Å². The minimum Gasteiger partial charge on any atom is -0.374 e. The van der Waals surface area contributed by atoms with E-state index in [9.17, 15) is 17.6 Å². The molecular weight excluding hydrogens is 475 g/mol. The summed E-state index contributed by atoms with van der Waals surface area (Å²) in [5.41, 5.74) is 0.459. The fourth-order valence-corrected chi connectivity index (χ4v) is 6.85. The van der Waals surface area contributed by atoms with E-state index in [2.05, 4.69) is 9.71 Å². The van der Waals surface area contributed by atoms with Gasteiger partial charge in [0.2, 0.25) is 0 Å². The maximum absolute atomic E-state index is 14.5. The smallest absolute Gasteiger partial charge is 0.271 e. The van der Waals surface area contributed by atoms with Crippen molar-refractivity contribution in [3.8, 4) is 0 Å². The molecule has 0 aliphatic heterocycles. The summed E-state index contributed by atoms with van der Waals surface area (Å²) < 4.78 is 48.9. The van der Waals surface area contributed by atoms with Gasteiger partial charge in [-0.05, 0) is 66.5 Å². The Balaban J connectivity index is 1.28. The fraction of sp³-hybridized carbons (Fsp3) is 0.240. The van der Waals surface area contributed by atoms with Crippen LogP contribution in [0.2, 0.25) is 0 Å². The van der Waals surface area contributed by atoms with E-state index in [4.69, 9.17) is 4.74 Å². The summed E-state index contributed by atoms with van der Waals surface area (Å²) in [4.78, 5) is 15.5. The zero-order chi connectivity index (χ0) is 23.7. The molecule has 2 aromatic carbocycles. The van der Waals surface area contributed by atoms with Crippen molar-refractivity contribution in [2.24, 2.45) is 0 Å². The molecule has 0 spiro atoms. The van der Waals surface area contributed by atoms with E-state index in [0.29, 0.717) is 12.0 Å². The largest absolute Gasteiger partial charge is 0.374 e. The number of benzene rings is 2. The van der Waals surface area contributed by atoms with E-state index in [1.807, 2.05) is 36.4 Å². The van der Waals surface area contributed by atoms with Crippen molar-refractivity contribution in [1.29, 1.82) is 0 Å². The fourth-order valence-electron chi connectivity index (χ4n) is 4.32. The number of hydrogen-bond acceptors (Lipinski definition) is 5. The molecule has 9 heteroatoms. The van der Waals surface area contributed by atoms with Crippen LogP contribution in [-0.2, 0) is 21.4 Å². The van der Waals surface area contributed by atoms with Gasteiger partial charge in [-0.1, -0.05) is 30.3 Å². The first kappa shape index (κ1) is 22.8. The second-order valence-corrected chi connectivity index (χ2v) is 11.4. The van der Waals surface area contributed by atoms with Gasteiger partial charge in [0.05, 0.1) is 18.4 Å². The van der Waals surface area contributed by atoms with Crippen molar-refractivity contribution in [2.75, 3.05) is 4.72 Å². The van der Waals surface area contributed by atoms with Gasteiger partial charge >= 0.3 is 0 Å². The van der Waals surface area contributed by atoms with Crippen LogP contribution in [0.3, 0.4) is 0 Å². The average molecular weight is 499 g/mol. The Labute approximate surface area is 200 Å². The van der Waals surface area contributed by atoms with Gasteiger partial charge in [0.15, 0.2) is 0 Å². The van der Waals surface area contributed by atoms with Gasteiger partial charge in [-0.2, -0.15) is 0 Å². The summed E-state index contributed by atoms with van der Waals surface area (Å²) in [7, 11) is -4.00. The van der Waals surface area contributed by atoms with E-state index < -0.39 is 21.4 Å². The monoisotopic (exact) mass is 498 g/mol. The number of thiophene rings is 1. The molecule has 1 fully saturated rings. The number of sulfonamides is 1. The third kappa shape index (κ3) is 4.77. The minimum atomic E-state index is -4.00. The lowest BCUT2D eigenvalue weighted by molar-refractivity contribution is 0.0448. The van der Waals surface area contributed by atoms with Crippen LogP contribution in [0.5, 0.6) is 0 Å². The van der Waals surface area contributed by atoms with Crippen molar-refractivity contribution in [3.63, 3.8) is 0 Å². The number of rotatable bonds is 7. The van der Waals surface area contributed by atoms with Crippen LogP contribution in [0.1, 0.15) is 35.6 Å². The lowest BCUT2D eigenvalue weighted by Crippen LogP contribution is -2.13. The number of H-pyrrole nitrogens is 1. The highest BCUT2D eigenvalue weighted by atomic mass is 32.2.